The van der Waals surface area contributed by atoms with Gasteiger partial charge < -0.3 is 4.74 Å². The Kier molecular flexibility index (Phi) is 5.54. The van der Waals surface area contributed by atoms with Crippen molar-refractivity contribution in [3.8, 4) is 0 Å². The van der Waals surface area contributed by atoms with E-state index in [0.717, 1.165) is 20.5 Å². The van der Waals surface area contributed by atoms with Crippen molar-refractivity contribution >= 4 is 39.6 Å². The summed E-state index contributed by atoms with van der Waals surface area (Å²) in [6.07, 6.45) is 0.341. The van der Waals surface area contributed by atoms with Gasteiger partial charge in [0.2, 0.25) is 0 Å². The fourth-order valence-corrected chi connectivity index (χ4v) is 4.90. The number of esters is 1. The van der Waals surface area contributed by atoms with Gasteiger partial charge in [-0.15, -0.1) is 0 Å². The van der Waals surface area contributed by atoms with E-state index in [4.69, 9.17) is 9.73 Å². The van der Waals surface area contributed by atoms with Gasteiger partial charge in [0.15, 0.2) is 0 Å². The average Bonchev–Trinajstić information content (AvgIpc) is 2.54. The fourth-order valence-electron chi connectivity index (χ4n) is 2.49. The molecule has 0 amide bonds. The van der Waals surface area contributed by atoms with Crippen LogP contribution in [-0.4, -0.2) is 15.9 Å². The van der Waals surface area contributed by atoms with Crippen molar-refractivity contribution in [3.63, 3.8) is 0 Å². The molecule has 2 aromatic carbocycles. The first kappa shape index (κ1) is 18.1. The van der Waals surface area contributed by atoms with E-state index in [1.54, 1.807) is 23.5 Å². The van der Waals surface area contributed by atoms with Gasteiger partial charge in [-0.1, -0.05) is 59.9 Å². The number of aliphatic imine (C=N–C) groups is 1. The van der Waals surface area contributed by atoms with E-state index in [0.29, 0.717) is 6.42 Å². The third kappa shape index (κ3) is 5.13. The monoisotopic (exact) mass is 371 g/mol. The SMILES string of the molecule is CC(C)(C)OC(=O)CC1SC(Sc2ccccc2)=Nc2ccccc21. The van der Waals surface area contributed by atoms with Crippen molar-refractivity contribution in [2.24, 2.45) is 4.99 Å². The van der Waals surface area contributed by atoms with Crippen LogP contribution in [0.1, 0.15) is 38.0 Å². The molecule has 25 heavy (non-hydrogen) atoms. The van der Waals surface area contributed by atoms with Crippen LogP contribution in [-0.2, 0) is 9.53 Å². The Morgan fingerprint density at radius 1 is 1.12 bits per heavy atom. The van der Waals surface area contributed by atoms with Gasteiger partial charge in [0.25, 0.3) is 0 Å². The summed E-state index contributed by atoms with van der Waals surface area (Å²) in [4.78, 5) is 18.2. The Morgan fingerprint density at radius 3 is 2.52 bits per heavy atom. The lowest BCUT2D eigenvalue weighted by atomic mass is 10.1. The number of nitrogens with zero attached hydrogens (tertiary/aromatic N) is 1. The van der Waals surface area contributed by atoms with Gasteiger partial charge >= 0.3 is 5.97 Å². The summed E-state index contributed by atoms with van der Waals surface area (Å²) in [5, 5.41) is 0.0229. The molecule has 0 fully saturated rings. The first-order chi connectivity index (χ1) is 11.9. The van der Waals surface area contributed by atoms with Crippen LogP contribution < -0.4 is 0 Å². The largest absolute Gasteiger partial charge is 0.460 e. The number of carbonyl (C=O) groups is 1. The van der Waals surface area contributed by atoms with E-state index < -0.39 is 5.60 Å². The van der Waals surface area contributed by atoms with E-state index in [1.165, 1.54) is 0 Å². The molecule has 1 atom stereocenters. The van der Waals surface area contributed by atoms with Gasteiger partial charge in [0.1, 0.15) is 9.98 Å². The fraction of sp³-hybridized carbons (Fsp3) is 0.300. The second-order valence-corrected chi connectivity index (χ2v) is 9.26. The van der Waals surface area contributed by atoms with Crippen LogP contribution in [0.15, 0.2) is 64.5 Å². The zero-order valence-corrected chi connectivity index (χ0v) is 16.2. The maximum absolute atomic E-state index is 12.3. The number of benzene rings is 2. The Morgan fingerprint density at radius 2 is 1.80 bits per heavy atom. The standard InChI is InChI=1S/C20H21NO2S2/c1-20(2,3)23-18(22)13-17-15-11-7-8-12-16(15)21-19(25-17)24-14-9-5-4-6-10-14/h4-12,17H,13H2,1-3H3. The van der Waals surface area contributed by atoms with Gasteiger partial charge in [-0.05, 0) is 44.5 Å². The number of para-hydroxylation sites is 1. The topological polar surface area (TPSA) is 38.7 Å². The van der Waals surface area contributed by atoms with Crippen molar-refractivity contribution in [1.82, 2.24) is 0 Å². The zero-order chi connectivity index (χ0) is 17.9. The lowest BCUT2D eigenvalue weighted by molar-refractivity contribution is -0.154. The maximum atomic E-state index is 12.3. The van der Waals surface area contributed by atoms with Gasteiger partial charge in [0.05, 0.1) is 12.1 Å². The van der Waals surface area contributed by atoms with E-state index >= 15 is 0 Å². The highest BCUT2D eigenvalue weighted by Gasteiger charge is 2.28. The highest BCUT2D eigenvalue weighted by molar-refractivity contribution is 8.39. The first-order valence-electron chi connectivity index (χ1n) is 8.20. The molecule has 0 N–H and O–H groups in total. The van der Waals surface area contributed by atoms with Gasteiger partial charge in [-0.2, -0.15) is 0 Å². The molecule has 1 unspecified atom stereocenters. The van der Waals surface area contributed by atoms with Crippen LogP contribution in [0.2, 0.25) is 0 Å². The molecule has 0 bridgehead atoms. The number of thioether (sulfide) groups is 2. The second kappa shape index (κ2) is 7.67. The summed E-state index contributed by atoms with van der Waals surface area (Å²) in [5.74, 6) is -0.175. The quantitative estimate of drug-likeness (QED) is 0.622. The smallest absolute Gasteiger partial charge is 0.307 e. The highest BCUT2D eigenvalue weighted by Crippen LogP contribution is 2.46. The van der Waals surface area contributed by atoms with Gasteiger partial charge in [-0.25, -0.2) is 4.99 Å². The molecule has 2 aromatic rings. The number of hydrogen-bond acceptors (Lipinski definition) is 5. The Hall–Kier alpha value is -1.72. The molecule has 5 heteroatoms. The van der Waals surface area contributed by atoms with Crippen LogP contribution in [0, 0.1) is 0 Å². The minimum Gasteiger partial charge on any atom is -0.460 e. The molecule has 1 aliphatic heterocycles. The third-order valence-corrected chi connectivity index (χ3v) is 5.77. The second-order valence-electron chi connectivity index (χ2n) is 6.75. The molecule has 0 aliphatic carbocycles. The summed E-state index contributed by atoms with van der Waals surface area (Å²) in [5.41, 5.74) is 1.56. The Bertz CT molecular complexity index is 782. The molecule has 0 saturated carbocycles. The lowest BCUT2D eigenvalue weighted by Crippen LogP contribution is -2.25. The summed E-state index contributed by atoms with van der Waals surface area (Å²) in [6.45, 7) is 5.68. The van der Waals surface area contributed by atoms with Crippen LogP contribution >= 0.6 is 23.5 Å². The van der Waals surface area contributed by atoms with Crippen molar-refractivity contribution in [2.45, 2.75) is 42.9 Å². The number of hydrogen-bond donors (Lipinski definition) is 0. The van der Waals surface area contributed by atoms with E-state index in [9.17, 15) is 4.79 Å². The molecular formula is C20H21NO2S2. The molecular weight excluding hydrogens is 350 g/mol. The van der Waals surface area contributed by atoms with Crippen LogP contribution in [0.3, 0.4) is 0 Å². The minimum absolute atomic E-state index is 0.0229. The predicted octanol–water partition coefficient (Wildman–Crippen LogP) is 5.99. The van der Waals surface area contributed by atoms with Crippen LogP contribution in [0.4, 0.5) is 5.69 Å². The third-order valence-electron chi connectivity index (χ3n) is 3.46. The first-order valence-corrected chi connectivity index (χ1v) is 9.89. The van der Waals surface area contributed by atoms with Crippen molar-refractivity contribution < 1.29 is 9.53 Å². The van der Waals surface area contributed by atoms with Crippen molar-refractivity contribution in [2.75, 3.05) is 0 Å². The summed E-state index contributed by atoms with van der Waals surface area (Å²) in [6, 6.07) is 18.2. The summed E-state index contributed by atoms with van der Waals surface area (Å²) < 4.78 is 6.47. The Balaban J connectivity index is 1.80. The van der Waals surface area contributed by atoms with E-state index in [1.807, 2.05) is 63.2 Å². The maximum Gasteiger partial charge on any atom is 0.307 e. The van der Waals surface area contributed by atoms with Crippen LogP contribution in [0.25, 0.3) is 0 Å². The molecule has 0 saturated heterocycles. The molecule has 0 spiro atoms. The summed E-state index contributed by atoms with van der Waals surface area (Å²) >= 11 is 3.27. The van der Waals surface area contributed by atoms with E-state index in [2.05, 4.69) is 12.1 Å². The normalized spacial score (nSPS) is 16.8. The van der Waals surface area contributed by atoms with Gasteiger partial charge in [0, 0.05) is 10.1 Å². The lowest BCUT2D eigenvalue weighted by Gasteiger charge is -2.25. The zero-order valence-electron chi connectivity index (χ0n) is 14.6. The number of fused-ring (bicyclic) bond motifs is 1. The predicted molar refractivity (Wildman–Crippen MR) is 107 cm³/mol. The van der Waals surface area contributed by atoms with Crippen molar-refractivity contribution in [3.05, 3.63) is 60.2 Å². The highest BCUT2D eigenvalue weighted by atomic mass is 32.2. The molecule has 3 rings (SSSR count). The minimum atomic E-state index is -0.467. The molecule has 1 aliphatic rings. The Labute approximate surface area is 157 Å². The average molecular weight is 372 g/mol. The molecule has 3 nitrogen and oxygen atoms in total. The molecule has 0 radical (unpaired) electrons. The molecule has 1 heterocycles. The number of rotatable bonds is 3. The molecule has 130 valence electrons. The number of carbonyl (C=O) groups excluding carboxylic acids is 1. The summed E-state index contributed by atoms with van der Waals surface area (Å²) in [7, 11) is 0. The molecule has 0 aromatic heterocycles. The number of ether oxygens (including phenoxy) is 1. The van der Waals surface area contributed by atoms with E-state index in [-0.39, 0.29) is 11.2 Å². The van der Waals surface area contributed by atoms with Gasteiger partial charge in [-0.3, -0.25) is 4.79 Å². The van der Waals surface area contributed by atoms with Crippen LogP contribution in [0.5, 0.6) is 0 Å². The van der Waals surface area contributed by atoms with Crippen molar-refractivity contribution in [1.29, 1.82) is 0 Å².